The van der Waals surface area contributed by atoms with Crippen LogP contribution in [0.1, 0.15) is 42.0 Å². The lowest BCUT2D eigenvalue weighted by molar-refractivity contribution is -0.140. The molecule has 0 aromatic heterocycles. The van der Waals surface area contributed by atoms with Crippen molar-refractivity contribution in [3.8, 4) is 5.75 Å². The van der Waals surface area contributed by atoms with Crippen LogP contribution in [0.2, 0.25) is 0 Å². The van der Waals surface area contributed by atoms with Gasteiger partial charge in [-0.1, -0.05) is 13.8 Å². The molecular weight excluding hydrogens is 200 g/mol. The van der Waals surface area contributed by atoms with Crippen molar-refractivity contribution < 1.29 is 9.53 Å². The summed E-state index contributed by atoms with van der Waals surface area (Å²) in [6.07, 6.45) is 0. The second-order valence-corrected chi connectivity index (χ2v) is 4.85. The van der Waals surface area contributed by atoms with Gasteiger partial charge in [0.15, 0.2) is 0 Å². The molecule has 2 heteroatoms. The lowest BCUT2D eigenvalue weighted by atomic mass is 9.82. The molecule has 2 rings (SSSR count). The minimum atomic E-state index is -0.109. The number of aryl methyl sites for hydroxylation is 1. The van der Waals surface area contributed by atoms with Gasteiger partial charge >= 0.3 is 5.97 Å². The molecule has 0 N–H and O–H groups in total. The predicted molar refractivity (Wildman–Crippen MR) is 63.9 cm³/mol. The maximum absolute atomic E-state index is 11.7. The standard InChI is InChI=1S/C14H18O2/c1-7-6-12-13(9(3)8(7)2)10(4)11(5)14(15)16-12/h6,10-11H,1-5H3. The van der Waals surface area contributed by atoms with Gasteiger partial charge in [0.25, 0.3) is 0 Å². The lowest BCUT2D eigenvalue weighted by Crippen LogP contribution is -2.29. The van der Waals surface area contributed by atoms with Gasteiger partial charge in [-0.25, -0.2) is 0 Å². The van der Waals surface area contributed by atoms with Crippen LogP contribution in [0, 0.1) is 26.7 Å². The second kappa shape index (κ2) is 3.62. The Kier molecular flexibility index (Phi) is 2.53. The first kappa shape index (κ1) is 11.2. The largest absolute Gasteiger partial charge is 0.426 e. The molecule has 0 bridgehead atoms. The molecule has 2 nitrogen and oxygen atoms in total. The van der Waals surface area contributed by atoms with Crippen molar-refractivity contribution in [2.45, 2.75) is 40.5 Å². The number of carbonyl (C=O) groups excluding carboxylic acids is 1. The fraction of sp³-hybridized carbons (Fsp3) is 0.500. The summed E-state index contributed by atoms with van der Waals surface area (Å²) in [5, 5.41) is 0. The molecule has 0 amide bonds. The fourth-order valence-electron chi connectivity index (χ4n) is 2.37. The molecular formula is C14H18O2. The third-order valence-electron chi connectivity index (χ3n) is 3.96. The molecule has 0 aliphatic carbocycles. The van der Waals surface area contributed by atoms with Crippen molar-refractivity contribution in [3.05, 3.63) is 28.3 Å². The normalized spacial score (nSPS) is 23.9. The summed E-state index contributed by atoms with van der Waals surface area (Å²) >= 11 is 0. The monoisotopic (exact) mass is 218 g/mol. The first-order chi connectivity index (χ1) is 7.43. The summed E-state index contributed by atoms with van der Waals surface area (Å²) in [5.74, 6) is 0.850. The molecule has 0 fully saturated rings. The first-order valence-corrected chi connectivity index (χ1v) is 5.76. The summed E-state index contributed by atoms with van der Waals surface area (Å²) in [6, 6.07) is 1.98. The van der Waals surface area contributed by atoms with Crippen molar-refractivity contribution in [1.82, 2.24) is 0 Å². The van der Waals surface area contributed by atoms with E-state index in [2.05, 4.69) is 27.7 Å². The summed E-state index contributed by atoms with van der Waals surface area (Å²) in [4.78, 5) is 11.7. The molecule has 0 radical (unpaired) electrons. The molecule has 1 aromatic rings. The Morgan fingerprint density at radius 3 is 2.31 bits per heavy atom. The highest BCUT2D eigenvalue weighted by Crippen LogP contribution is 2.41. The van der Waals surface area contributed by atoms with Crippen LogP contribution in [0.4, 0.5) is 0 Å². The zero-order chi connectivity index (χ0) is 12.0. The summed E-state index contributed by atoms with van der Waals surface area (Å²) in [5.41, 5.74) is 4.96. The minimum Gasteiger partial charge on any atom is -0.426 e. The molecule has 86 valence electrons. The van der Waals surface area contributed by atoms with E-state index in [-0.39, 0.29) is 17.8 Å². The smallest absolute Gasteiger partial charge is 0.314 e. The van der Waals surface area contributed by atoms with E-state index in [1.54, 1.807) is 0 Å². The molecule has 1 heterocycles. The van der Waals surface area contributed by atoms with Gasteiger partial charge in [-0.2, -0.15) is 0 Å². The van der Waals surface area contributed by atoms with Gasteiger partial charge in [-0.05, 0) is 49.4 Å². The Morgan fingerprint density at radius 2 is 1.69 bits per heavy atom. The van der Waals surface area contributed by atoms with Gasteiger partial charge in [0.1, 0.15) is 5.75 Å². The zero-order valence-corrected chi connectivity index (χ0v) is 10.5. The van der Waals surface area contributed by atoms with Crippen molar-refractivity contribution in [1.29, 1.82) is 0 Å². The average molecular weight is 218 g/mol. The molecule has 0 saturated carbocycles. The number of hydrogen-bond donors (Lipinski definition) is 0. The maximum atomic E-state index is 11.7. The Bertz CT molecular complexity index is 460. The van der Waals surface area contributed by atoms with E-state index in [1.807, 2.05) is 13.0 Å². The third kappa shape index (κ3) is 1.44. The minimum absolute atomic E-state index is 0.0479. The van der Waals surface area contributed by atoms with Gasteiger partial charge < -0.3 is 4.74 Å². The topological polar surface area (TPSA) is 26.3 Å². The van der Waals surface area contributed by atoms with Crippen LogP contribution in [-0.2, 0) is 4.79 Å². The number of hydrogen-bond acceptors (Lipinski definition) is 2. The van der Waals surface area contributed by atoms with E-state index in [1.165, 1.54) is 22.3 Å². The quantitative estimate of drug-likeness (QED) is 0.493. The number of rotatable bonds is 0. The molecule has 1 aliphatic rings. The van der Waals surface area contributed by atoms with Crippen LogP contribution in [0.25, 0.3) is 0 Å². The number of fused-ring (bicyclic) bond motifs is 1. The summed E-state index contributed by atoms with van der Waals surface area (Å²) in [7, 11) is 0. The second-order valence-electron chi connectivity index (χ2n) is 4.85. The van der Waals surface area contributed by atoms with Gasteiger partial charge in [-0.15, -0.1) is 0 Å². The van der Waals surface area contributed by atoms with E-state index in [0.717, 1.165) is 5.75 Å². The molecule has 2 atom stereocenters. The van der Waals surface area contributed by atoms with Gasteiger partial charge in [0.2, 0.25) is 0 Å². The molecule has 2 unspecified atom stereocenters. The summed E-state index contributed by atoms with van der Waals surface area (Å²) < 4.78 is 5.39. The van der Waals surface area contributed by atoms with Crippen molar-refractivity contribution >= 4 is 5.97 Å². The first-order valence-electron chi connectivity index (χ1n) is 5.76. The number of carbonyl (C=O) groups is 1. The Balaban J connectivity index is 2.67. The van der Waals surface area contributed by atoms with Crippen LogP contribution < -0.4 is 4.74 Å². The van der Waals surface area contributed by atoms with E-state index in [9.17, 15) is 4.79 Å². The highest BCUT2D eigenvalue weighted by atomic mass is 16.5. The van der Waals surface area contributed by atoms with Gasteiger partial charge in [-0.3, -0.25) is 4.79 Å². The van der Waals surface area contributed by atoms with Crippen LogP contribution in [-0.4, -0.2) is 5.97 Å². The zero-order valence-electron chi connectivity index (χ0n) is 10.5. The SMILES string of the molecule is Cc1cc2c(c(C)c1C)C(C)C(C)C(=O)O2. The maximum Gasteiger partial charge on any atom is 0.314 e. The van der Waals surface area contributed by atoms with E-state index < -0.39 is 0 Å². The molecule has 1 aromatic carbocycles. The molecule has 16 heavy (non-hydrogen) atoms. The summed E-state index contributed by atoms with van der Waals surface area (Å²) in [6.45, 7) is 10.3. The van der Waals surface area contributed by atoms with E-state index >= 15 is 0 Å². The van der Waals surface area contributed by atoms with Crippen molar-refractivity contribution in [2.24, 2.45) is 5.92 Å². The number of ether oxygens (including phenoxy) is 1. The third-order valence-corrected chi connectivity index (χ3v) is 3.96. The van der Waals surface area contributed by atoms with Crippen molar-refractivity contribution in [3.63, 3.8) is 0 Å². The van der Waals surface area contributed by atoms with Gasteiger partial charge in [0.05, 0.1) is 5.92 Å². The van der Waals surface area contributed by atoms with Crippen LogP contribution in [0.5, 0.6) is 5.75 Å². The van der Waals surface area contributed by atoms with Crippen molar-refractivity contribution in [2.75, 3.05) is 0 Å². The van der Waals surface area contributed by atoms with Crippen LogP contribution >= 0.6 is 0 Å². The number of esters is 1. The Morgan fingerprint density at radius 1 is 1.06 bits per heavy atom. The van der Waals surface area contributed by atoms with E-state index in [0.29, 0.717) is 0 Å². The molecule has 0 spiro atoms. The fourth-order valence-corrected chi connectivity index (χ4v) is 2.37. The van der Waals surface area contributed by atoms with Crippen LogP contribution in [0.3, 0.4) is 0 Å². The molecule has 1 aliphatic heterocycles. The highest BCUT2D eigenvalue weighted by molar-refractivity contribution is 5.79. The predicted octanol–water partition coefficient (Wildman–Crippen LogP) is 3.27. The highest BCUT2D eigenvalue weighted by Gasteiger charge is 2.33. The van der Waals surface area contributed by atoms with Gasteiger partial charge in [0, 0.05) is 5.56 Å². The molecule has 0 saturated heterocycles. The lowest BCUT2D eigenvalue weighted by Gasteiger charge is -2.29. The van der Waals surface area contributed by atoms with Crippen LogP contribution in [0.15, 0.2) is 6.07 Å². The van der Waals surface area contributed by atoms with E-state index in [4.69, 9.17) is 4.74 Å². The Labute approximate surface area is 96.6 Å². The average Bonchev–Trinajstić information content (AvgIpc) is 2.23. The number of benzene rings is 1. The Hall–Kier alpha value is -1.31.